The topological polar surface area (TPSA) is 46.3 Å². The first-order valence-corrected chi connectivity index (χ1v) is 6.77. The molecular weight excluding hydrogens is 224 g/mol. The smallest absolute Gasteiger partial charge is 0.225 e. The molecule has 1 amide bonds. The molecule has 18 heavy (non-hydrogen) atoms. The molecule has 3 heteroatoms. The molecule has 0 atom stereocenters. The molecule has 0 radical (unpaired) electrons. The quantitative estimate of drug-likeness (QED) is 0.834. The molecule has 3 nitrogen and oxygen atoms in total. The van der Waals surface area contributed by atoms with Crippen LogP contribution in [0.5, 0.6) is 0 Å². The van der Waals surface area contributed by atoms with E-state index < -0.39 is 0 Å². The van der Waals surface area contributed by atoms with E-state index in [2.05, 4.69) is 0 Å². The van der Waals surface area contributed by atoms with E-state index in [1.54, 1.807) is 0 Å². The molecule has 0 unspecified atom stereocenters. The van der Waals surface area contributed by atoms with Crippen LogP contribution in [0.1, 0.15) is 37.7 Å². The highest BCUT2D eigenvalue weighted by Gasteiger charge is 2.24. The van der Waals surface area contributed by atoms with E-state index in [1.165, 1.54) is 19.3 Å². The summed E-state index contributed by atoms with van der Waals surface area (Å²) in [6.45, 7) is 0.613. The van der Waals surface area contributed by atoms with Crippen LogP contribution in [0.3, 0.4) is 0 Å². The first-order chi connectivity index (χ1) is 8.68. The van der Waals surface area contributed by atoms with Gasteiger partial charge in [0, 0.05) is 25.2 Å². The number of para-hydroxylation sites is 1. The van der Waals surface area contributed by atoms with Crippen LogP contribution in [0.25, 0.3) is 0 Å². The maximum Gasteiger partial charge on any atom is 0.225 e. The number of nitrogens with zero attached hydrogens (tertiary/aromatic N) is 1. The van der Waals surface area contributed by atoms with Crippen molar-refractivity contribution >= 4 is 11.6 Å². The van der Waals surface area contributed by atoms with Crippen molar-refractivity contribution in [3.05, 3.63) is 29.8 Å². The van der Waals surface area contributed by atoms with Crippen LogP contribution in [-0.2, 0) is 11.3 Å². The molecule has 0 aliphatic heterocycles. The van der Waals surface area contributed by atoms with Crippen molar-refractivity contribution in [2.75, 3.05) is 12.8 Å². The third-order valence-corrected chi connectivity index (χ3v) is 3.79. The maximum atomic E-state index is 12.3. The molecule has 98 valence electrons. The fourth-order valence-electron chi connectivity index (χ4n) is 2.67. The van der Waals surface area contributed by atoms with Crippen LogP contribution in [0.15, 0.2) is 24.3 Å². The molecule has 1 aliphatic carbocycles. The second kappa shape index (κ2) is 5.89. The summed E-state index contributed by atoms with van der Waals surface area (Å²) in [6, 6.07) is 7.75. The molecular formula is C15H22N2O. The Labute approximate surface area is 109 Å². The molecule has 1 fully saturated rings. The van der Waals surface area contributed by atoms with Crippen molar-refractivity contribution in [2.24, 2.45) is 5.92 Å². The molecule has 1 saturated carbocycles. The molecule has 0 bridgehead atoms. The van der Waals surface area contributed by atoms with Crippen LogP contribution < -0.4 is 5.73 Å². The second-order valence-corrected chi connectivity index (χ2v) is 5.23. The number of benzene rings is 1. The van der Waals surface area contributed by atoms with Crippen LogP contribution in [0, 0.1) is 5.92 Å². The minimum Gasteiger partial charge on any atom is -0.398 e. The van der Waals surface area contributed by atoms with E-state index in [1.807, 2.05) is 36.2 Å². The summed E-state index contributed by atoms with van der Waals surface area (Å²) in [7, 11) is 1.88. The number of rotatable bonds is 3. The first kappa shape index (κ1) is 12.9. The third kappa shape index (κ3) is 3.03. The van der Waals surface area contributed by atoms with Gasteiger partial charge in [0.15, 0.2) is 0 Å². The predicted octanol–water partition coefficient (Wildman–Crippen LogP) is 2.81. The Balaban J connectivity index is 1.96. The lowest BCUT2D eigenvalue weighted by Crippen LogP contribution is -2.33. The van der Waals surface area contributed by atoms with Gasteiger partial charge in [-0.05, 0) is 24.5 Å². The molecule has 1 aliphatic rings. The highest BCUT2D eigenvalue weighted by Crippen LogP contribution is 2.25. The summed E-state index contributed by atoms with van der Waals surface area (Å²) in [5.74, 6) is 0.506. The average Bonchev–Trinajstić information content (AvgIpc) is 2.41. The Hall–Kier alpha value is -1.51. The highest BCUT2D eigenvalue weighted by molar-refractivity contribution is 5.78. The molecule has 2 N–H and O–H groups in total. The first-order valence-electron chi connectivity index (χ1n) is 6.77. The number of nitrogens with two attached hydrogens (primary N) is 1. The van der Waals surface area contributed by atoms with Gasteiger partial charge in [0.1, 0.15) is 0 Å². The third-order valence-electron chi connectivity index (χ3n) is 3.79. The molecule has 2 rings (SSSR count). The van der Waals surface area contributed by atoms with Crippen molar-refractivity contribution in [3.63, 3.8) is 0 Å². The van der Waals surface area contributed by atoms with E-state index in [-0.39, 0.29) is 11.8 Å². The van der Waals surface area contributed by atoms with Crippen molar-refractivity contribution in [3.8, 4) is 0 Å². The Bertz CT molecular complexity index is 411. The van der Waals surface area contributed by atoms with Crippen molar-refractivity contribution in [1.29, 1.82) is 0 Å². The van der Waals surface area contributed by atoms with Crippen molar-refractivity contribution in [1.82, 2.24) is 4.90 Å². The Morgan fingerprint density at radius 1 is 1.28 bits per heavy atom. The van der Waals surface area contributed by atoms with Crippen LogP contribution in [-0.4, -0.2) is 17.9 Å². The largest absolute Gasteiger partial charge is 0.398 e. The lowest BCUT2D eigenvalue weighted by molar-refractivity contribution is -0.135. The fraction of sp³-hybridized carbons (Fsp3) is 0.533. The lowest BCUT2D eigenvalue weighted by Gasteiger charge is -2.26. The normalized spacial score (nSPS) is 16.5. The Morgan fingerprint density at radius 2 is 1.94 bits per heavy atom. The Kier molecular flexibility index (Phi) is 4.24. The lowest BCUT2D eigenvalue weighted by atomic mass is 9.88. The summed E-state index contributed by atoms with van der Waals surface area (Å²) in [6.07, 6.45) is 5.76. The fourth-order valence-corrected chi connectivity index (χ4v) is 2.67. The maximum absolute atomic E-state index is 12.3. The van der Waals surface area contributed by atoms with E-state index in [0.717, 1.165) is 24.1 Å². The summed E-state index contributed by atoms with van der Waals surface area (Å²) in [4.78, 5) is 14.1. The molecule has 0 aromatic heterocycles. The van der Waals surface area contributed by atoms with Gasteiger partial charge in [-0.25, -0.2) is 0 Å². The second-order valence-electron chi connectivity index (χ2n) is 5.23. The molecule has 0 saturated heterocycles. The van der Waals surface area contributed by atoms with Gasteiger partial charge in [0.25, 0.3) is 0 Å². The standard InChI is InChI=1S/C15H22N2O/c1-17(11-13-9-5-6-10-14(13)16)15(18)12-7-3-2-4-8-12/h5-6,9-10,12H,2-4,7-8,11,16H2,1H3. The van der Waals surface area contributed by atoms with Gasteiger partial charge >= 0.3 is 0 Å². The minimum atomic E-state index is 0.230. The SMILES string of the molecule is CN(Cc1ccccc1N)C(=O)C1CCCCC1. The van der Waals surface area contributed by atoms with E-state index >= 15 is 0 Å². The van der Waals surface area contributed by atoms with Crippen molar-refractivity contribution in [2.45, 2.75) is 38.6 Å². The highest BCUT2D eigenvalue weighted by atomic mass is 16.2. The monoisotopic (exact) mass is 246 g/mol. The van der Waals surface area contributed by atoms with Gasteiger partial charge in [-0.15, -0.1) is 0 Å². The van der Waals surface area contributed by atoms with E-state index in [4.69, 9.17) is 5.73 Å². The van der Waals surface area contributed by atoms with Crippen LogP contribution in [0.4, 0.5) is 5.69 Å². The van der Waals surface area contributed by atoms with Gasteiger partial charge in [-0.1, -0.05) is 37.5 Å². The predicted molar refractivity (Wildman–Crippen MR) is 73.9 cm³/mol. The molecule has 0 heterocycles. The minimum absolute atomic E-state index is 0.230. The van der Waals surface area contributed by atoms with Gasteiger partial charge in [-0.3, -0.25) is 4.79 Å². The summed E-state index contributed by atoms with van der Waals surface area (Å²) in [5, 5.41) is 0. The summed E-state index contributed by atoms with van der Waals surface area (Å²) >= 11 is 0. The number of anilines is 1. The number of nitrogen functional groups attached to an aromatic ring is 1. The molecule has 1 aromatic rings. The van der Waals surface area contributed by atoms with Gasteiger partial charge in [0.2, 0.25) is 5.91 Å². The molecule has 0 spiro atoms. The van der Waals surface area contributed by atoms with Gasteiger partial charge in [0.05, 0.1) is 0 Å². The summed E-state index contributed by atoms with van der Waals surface area (Å²) in [5.41, 5.74) is 7.71. The van der Waals surface area contributed by atoms with Gasteiger partial charge in [-0.2, -0.15) is 0 Å². The number of amides is 1. The van der Waals surface area contributed by atoms with Crippen molar-refractivity contribution < 1.29 is 4.79 Å². The zero-order chi connectivity index (χ0) is 13.0. The number of hydrogen-bond donors (Lipinski definition) is 1. The molecule has 1 aromatic carbocycles. The Morgan fingerprint density at radius 3 is 2.61 bits per heavy atom. The van der Waals surface area contributed by atoms with E-state index in [0.29, 0.717) is 6.54 Å². The van der Waals surface area contributed by atoms with Gasteiger partial charge < -0.3 is 10.6 Å². The zero-order valence-corrected chi connectivity index (χ0v) is 11.1. The van der Waals surface area contributed by atoms with Crippen LogP contribution >= 0.6 is 0 Å². The summed E-state index contributed by atoms with van der Waals surface area (Å²) < 4.78 is 0. The number of carbonyl (C=O) groups is 1. The number of hydrogen-bond acceptors (Lipinski definition) is 2. The van der Waals surface area contributed by atoms with E-state index in [9.17, 15) is 4.79 Å². The average molecular weight is 246 g/mol. The number of carbonyl (C=O) groups excluding carboxylic acids is 1. The zero-order valence-electron chi connectivity index (χ0n) is 11.1. The van der Waals surface area contributed by atoms with Crippen LogP contribution in [0.2, 0.25) is 0 Å².